The zero-order valence-electron chi connectivity index (χ0n) is 18.5. The largest absolute Gasteiger partial charge is 0.494 e. The number of rotatable bonds is 4. The summed E-state index contributed by atoms with van der Waals surface area (Å²) in [6.07, 6.45) is 0. The van der Waals surface area contributed by atoms with E-state index in [1.807, 2.05) is 17.7 Å². The smallest absolute Gasteiger partial charge is 0.209 e. The van der Waals surface area contributed by atoms with E-state index in [1.165, 1.54) is 31.4 Å². The van der Waals surface area contributed by atoms with Crippen LogP contribution < -0.4 is 9.64 Å². The molecule has 1 saturated heterocycles. The van der Waals surface area contributed by atoms with Gasteiger partial charge >= 0.3 is 0 Å². The SMILES string of the molecule is COc1ccc(-c2nc3c(nc2-c2ccc(C#N)c(F)c2)nc(N2CCOCC2)n3C)cc1F. The number of anilines is 1. The highest BCUT2D eigenvalue weighted by atomic mass is 19.1. The Bertz CT molecular complexity index is 1440. The minimum Gasteiger partial charge on any atom is -0.494 e. The monoisotopic (exact) mass is 462 g/mol. The van der Waals surface area contributed by atoms with Gasteiger partial charge in [0.2, 0.25) is 5.95 Å². The molecule has 0 aliphatic carbocycles. The first-order chi connectivity index (χ1) is 16.5. The molecule has 34 heavy (non-hydrogen) atoms. The van der Waals surface area contributed by atoms with Crippen LogP contribution in [-0.2, 0) is 11.8 Å². The van der Waals surface area contributed by atoms with Crippen LogP contribution in [0.15, 0.2) is 36.4 Å². The zero-order valence-corrected chi connectivity index (χ0v) is 18.5. The number of aromatic nitrogens is 4. The van der Waals surface area contributed by atoms with Gasteiger partial charge in [0.15, 0.2) is 22.9 Å². The van der Waals surface area contributed by atoms with Gasteiger partial charge in [0.1, 0.15) is 11.9 Å². The molecule has 10 heteroatoms. The summed E-state index contributed by atoms with van der Waals surface area (Å²) in [6, 6.07) is 10.5. The summed E-state index contributed by atoms with van der Waals surface area (Å²) in [4.78, 5) is 16.3. The molecule has 0 bridgehead atoms. The van der Waals surface area contributed by atoms with Crippen molar-refractivity contribution in [1.82, 2.24) is 19.5 Å². The van der Waals surface area contributed by atoms with E-state index in [0.717, 1.165) is 0 Å². The normalized spacial score (nSPS) is 13.8. The van der Waals surface area contributed by atoms with Crippen LogP contribution in [-0.4, -0.2) is 52.9 Å². The van der Waals surface area contributed by atoms with Crippen molar-refractivity contribution in [2.45, 2.75) is 0 Å². The van der Waals surface area contributed by atoms with Crippen molar-refractivity contribution in [3.63, 3.8) is 0 Å². The summed E-state index contributed by atoms with van der Waals surface area (Å²) in [5.74, 6) is -0.450. The van der Waals surface area contributed by atoms with Gasteiger partial charge in [-0.1, -0.05) is 6.07 Å². The van der Waals surface area contributed by atoms with Crippen LogP contribution in [0.5, 0.6) is 5.75 Å². The first-order valence-corrected chi connectivity index (χ1v) is 10.6. The predicted octanol–water partition coefficient (Wildman–Crippen LogP) is 3.69. The molecule has 0 radical (unpaired) electrons. The summed E-state index contributed by atoms with van der Waals surface area (Å²) in [5, 5.41) is 9.09. The van der Waals surface area contributed by atoms with Gasteiger partial charge < -0.3 is 14.4 Å². The molecular formula is C24H20F2N6O2. The van der Waals surface area contributed by atoms with E-state index >= 15 is 0 Å². The lowest BCUT2D eigenvalue weighted by Gasteiger charge is -2.27. The third kappa shape index (κ3) is 3.70. The van der Waals surface area contributed by atoms with Crippen molar-refractivity contribution in [3.05, 3.63) is 53.6 Å². The molecule has 0 spiro atoms. The first-order valence-electron chi connectivity index (χ1n) is 10.6. The highest BCUT2D eigenvalue weighted by molar-refractivity contribution is 5.85. The van der Waals surface area contributed by atoms with Crippen molar-refractivity contribution in [1.29, 1.82) is 5.26 Å². The Morgan fingerprint density at radius 3 is 2.29 bits per heavy atom. The van der Waals surface area contributed by atoms with Gasteiger partial charge in [-0.05, 0) is 30.3 Å². The van der Waals surface area contributed by atoms with Crippen LogP contribution in [0.2, 0.25) is 0 Å². The zero-order chi connectivity index (χ0) is 23.8. The van der Waals surface area contributed by atoms with E-state index in [1.54, 1.807) is 12.1 Å². The van der Waals surface area contributed by atoms with E-state index < -0.39 is 11.6 Å². The summed E-state index contributed by atoms with van der Waals surface area (Å²) < 4.78 is 41.3. The molecule has 0 unspecified atom stereocenters. The van der Waals surface area contributed by atoms with Gasteiger partial charge in [-0.2, -0.15) is 10.2 Å². The number of morpholine rings is 1. The molecule has 4 aromatic rings. The Balaban J connectivity index is 1.74. The van der Waals surface area contributed by atoms with Crippen LogP contribution >= 0.6 is 0 Å². The number of methoxy groups -OCH3 is 1. The lowest BCUT2D eigenvalue weighted by atomic mass is 10.0. The average molecular weight is 462 g/mol. The predicted molar refractivity (Wildman–Crippen MR) is 121 cm³/mol. The standard InChI is InChI=1S/C24H20F2N6O2/c1-31-23-22(30-24(31)32-7-9-34-10-8-32)28-20(14-3-4-16(13-27)17(25)11-14)21(29-23)15-5-6-19(33-2)18(26)12-15/h3-6,11-12H,7-10H2,1-2H3. The Morgan fingerprint density at radius 1 is 0.971 bits per heavy atom. The fraction of sp³-hybridized carbons (Fsp3) is 0.250. The van der Waals surface area contributed by atoms with Gasteiger partial charge in [-0.15, -0.1) is 0 Å². The van der Waals surface area contributed by atoms with E-state index in [4.69, 9.17) is 24.7 Å². The Labute approximate surface area is 194 Å². The molecule has 2 aromatic carbocycles. The third-order valence-corrected chi connectivity index (χ3v) is 5.77. The maximum atomic E-state index is 14.6. The van der Waals surface area contributed by atoms with Crippen LogP contribution in [0.1, 0.15) is 5.56 Å². The Kier molecular flexibility index (Phi) is 5.55. The lowest BCUT2D eigenvalue weighted by Crippen LogP contribution is -2.37. The first kappa shape index (κ1) is 21.7. The van der Waals surface area contributed by atoms with Crippen LogP contribution in [0, 0.1) is 23.0 Å². The highest BCUT2D eigenvalue weighted by Gasteiger charge is 2.23. The molecule has 1 aliphatic rings. The Hall–Kier alpha value is -4.10. The average Bonchev–Trinajstić information content (AvgIpc) is 3.19. The van der Waals surface area contributed by atoms with E-state index in [9.17, 15) is 8.78 Å². The molecule has 0 N–H and O–H groups in total. The van der Waals surface area contributed by atoms with Crippen LogP contribution in [0.3, 0.4) is 0 Å². The lowest BCUT2D eigenvalue weighted by molar-refractivity contribution is 0.122. The van der Waals surface area contributed by atoms with Crippen molar-refractivity contribution >= 4 is 17.2 Å². The number of hydrogen-bond donors (Lipinski definition) is 0. The highest BCUT2D eigenvalue weighted by Crippen LogP contribution is 2.34. The molecule has 1 aliphatic heterocycles. The summed E-state index contributed by atoms with van der Waals surface area (Å²) in [5.41, 5.74) is 2.33. The molecule has 0 saturated carbocycles. The van der Waals surface area contributed by atoms with Gasteiger partial charge in [0.25, 0.3) is 0 Å². The van der Waals surface area contributed by atoms with Crippen LogP contribution in [0.4, 0.5) is 14.7 Å². The molecular weight excluding hydrogens is 442 g/mol. The van der Waals surface area contributed by atoms with Gasteiger partial charge in [0, 0.05) is 31.3 Å². The number of fused-ring (bicyclic) bond motifs is 1. The maximum absolute atomic E-state index is 14.6. The summed E-state index contributed by atoms with van der Waals surface area (Å²) in [7, 11) is 3.23. The second kappa shape index (κ2) is 8.68. The molecule has 3 heterocycles. The minimum atomic E-state index is -0.677. The quantitative estimate of drug-likeness (QED) is 0.457. The molecule has 8 nitrogen and oxygen atoms in total. The fourth-order valence-corrected chi connectivity index (χ4v) is 4.00. The maximum Gasteiger partial charge on any atom is 0.209 e. The second-order valence-electron chi connectivity index (χ2n) is 7.79. The number of nitriles is 1. The van der Waals surface area contributed by atoms with Crippen molar-refractivity contribution in [2.75, 3.05) is 38.3 Å². The molecule has 0 atom stereocenters. The van der Waals surface area contributed by atoms with Crippen molar-refractivity contribution < 1.29 is 18.3 Å². The third-order valence-electron chi connectivity index (χ3n) is 5.77. The van der Waals surface area contributed by atoms with E-state index in [0.29, 0.717) is 66.1 Å². The van der Waals surface area contributed by atoms with Crippen molar-refractivity contribution in [3.8, 4) is 34.3 Å². The summed E-state index contributed by atoms with van der Waals surface area (Å²) in [6.45, 7) is 2.55. The molecule has 1 fully saturated rings. The van der Waals surface area contributed by atoms with Crippen molar-refractivity contribution in [2.24, 2.45) is 7.05 Å². The van der Waals surface area contributed by atoms with Gasteiger partial charge in [-0.3, -0.25) is 4.57 Å². The number of imidazole rings is 1. The minimum absolute atomic E-state index is 0.0812. The Morgan fingerprint density at radius 2 is 1.65 bits per heavy atom. The topological polar surface area (TPSA) is 89.1 Å². The number of nitrogens with zero attached hydrogens (tertiary/aromatic N) is 6. The number of halogens is 2. The molecule has 172 valence electrons. The van der Waals surface area contributed by atoms with Gasteiger partial charge in [0.05, 0.1) is 37.3 Å². The van der Waals surface area contributed by atoms with Gasteiger partial charge in [-0.25, -0.2) is 18.7 Å². The molecule has 2 aromatic heterocycles. The molecule has 0 amide bonds. The second-order valence-corrected chi connectivity index (χ2v) is 7.79. The summed E-state index contributed by atoms with van der Waals surface area (Å²) >= 11 is 0. The van der Waals surface area contributed by atoms with E-state index in [-0.39, 0.29) is 11.3 Å². The molecule has 5 rings (SSSR count). The van der Waals surface area contributed by atoms with Crippen LogP contribution in [0.25, 0.3) is 33.8 Å². The van der Waals surface area contributed by atoms with E-state index in [2.05, 4.69) is 9.88 Å². The number of benzene rings is 2. The fourth-order valence-electron chi connectivity index (χ4n) is 4.00. The number of hydrogen-bond acceptors (Lipinski definition) is 7. The number of aryl methyl sites for hydroxylation is 1. The number of ether oxygens (including phenoxy) is 2.